The Labute approximate surface area is 150 Å². The van der Waals surface area contributed by atoms with E-state index in [1.807, 2.05) is 6.20 Å². The van der Waals surface area contributed by atoms with Crippen LogP contribution in [-0.2, 0) is 6.67 Å². The number of hydrogen-bond donors (Lipinski definition) is 1. The molecule has 0 saturated heterocycles. The second-order valence-electron chi connectivity index (χ2n) is 4.63. The first-order valence-electron chi connectivity index (χ1n) is 6.50. The van der Waals surface area contributed by atoms with Gasteiger partial charge in [-0.1, -0.05) is 29.3 Å². The number of carbonyl (C=O) groups excluding carboxylic acids is 1. The Bertz CT molecular complexity index is 840. The second kappa shape index (κ2) is 6.74. The van der Waals surface area contributed by atoms with E-state index < -0.39 is 0 Å². The van der Waals surface area contributed by atoms with E-state index in [4.69, 9.17) is 23.2 Å². The second-order valence-corrected chi connectivity index (χ2v) is 6.36. The van der Waals surface area contributed by atoms with E-state index in [-0.39, 0.29) is 11.6 Å². The molecule has 0 radical (unpaired) electrons. The third kappa shape index (κ3) is 3.74. The van der Waals surface area contributed by atoms with Crippen LogP contribution in [0.2, 0.25) is 10.0 Å². The molecule has 1 N–H and O–H groups in total. The van der Waals surface area contributed by atoms with Crippen molar-refractivity contribution in [1.82, 2.24) is 19.6 Å². The zero-order chi connectivity index (χ0) is 16.4. The van der Waals surface area contributed by atoms with Gasteiger partial charge in [0.15, 0.2) is 5.69 Å². The average molecular weight is 415 g/mol. The summed E-state index contributed by atoms with van der Waals surface area (Å²) in [7, 11) is 0. The lowest BCUT2D eigenvalue weighted by atomic mass is 10.3. The van der Waals surface area contributed by atoms with Crippen LogP contribution < -0.4 is 5.32 Å². The largest absolute Gasteiger partial charge is 0.318 e. The minimum atomic E-state index is -0.389. The number of amides is 1. The molecule has 6 nitrogen and oxygen atoms in total. The highest BCUT2D eigenvalue weighted by molar-refractivity contribution is 9.10. The summed E-state index contributed by atoms with van der Waals surface area (Å²) in [5, 5.41) is 11.7. The highest BCUT2D eigenvalue weighted by atomic mass is 79.9. The quantitative estimate of drug-likeness (QED) is 0.703. The van der Waals surface area contributed by atoms with E-state index in [2.05, 4.69) is 31.4 Å². The van der Waals surface area contributed by atoms with E-state index >= 15 is 0 Å². The number of nitrogens with zero attached hydrogens (tertiary/aromatic N) is 4. The summed E-state index contributed by atoms with van der Waals surface area (Å²) in [5.74, 6) is -0.389. The molecule has 0 spiro atoms. The van der Waals surface area contributed by atoms with Crippen molar-refractivity contribution in [2.45, 2.75) is 6.67 Å². The van der Waals surface area contributed by atoms with Crippen LogP contribution in [-0.4, -0.2) is 25.5 Å². The molecule has 118 valence electrons. The lowest BCUT2D eigenvalue weighted by molar-refractivity contribution is 0.102. The number of anilines is 1. The monoisotopic (exact) mass is 413 g/mol. The third-order valence-electron chi connectivity index (χ3n) is 2.97. The molecule has 0 aliphatic carbocycles. The summed E-state index contributed by atoms with van der Waals surface area (Å²) < 4.78 is 4.16. The summed E-state index contributed by atoms with van der Waals surface area (Å²) in [4.78, 5) is 12.3. The first-order valence-corrected chi connectivity index (χ1v) is 8.04. The van der Waals surface area contributed by atoms with Crippen molar-refractivity contribution in [2.75, 3.05) is 5.32 Å². The molecule has 0 aliphatic heterocycles. The van der Waals surface area contributed by atoms with Gasteiger partial charge in [0, 0.05) is 12.4 Å². The van der Waals surface area contributed by atoms with Crippen molar-refractivity contribution in [3.05, 3.63) is 63.1 Å². The fourth-order valence-electron chi connectivity index (χ4n) is 1.92. The van der Waals surface area contributed by atoms with Crippen LogP contribution in [0.15, 0.2) is 47.3 Å². The topological polar surface area (TPSA) is 64.7 Å². The highest BCUT2D eigenvalue weighted by Gasteiger charge is 2.14. The van der Waals surface area contributed by atoms with Gasteiger partial charge in [0.1, 0.15) is 6.67 Å². The highest BCUT2D eigenvalue weighted by Crippen LogP contribution is 2.30. The Morgan fingerprint density at radius 2 is 1.96 bits per heavy atom. The van der Waals surface area contributed by atoms with E-state index in [0.29, 0.717) is 22.4 Å². The molecule has 3 aromatic rings. The van der Waals surface area contributed by atoms with Crippen molar-refractivity contribution in [1.29, 1.82) is 0 Å². The van der Waals surface area contributed by atoms with Gasteiger partial charge in [0.05, 0.1) is 26.4 Å². The van der Waals surface area contributed by atoms with Gasteiger partial charge in [-0.15, -0.1) is 0 Å². The van der Waals surface area contributed by atoms with Gasteiger partial charge in [-0.25, -0.2) is 4.68 Å². The first-order chi connectivity index (χ1) is 11.0. The number of rotatable bonds is 4. The lowest BCUT2D eigenvalue weighted by Gasteiger charge is -2.07. The van der Waals surface area contributed by atoms with Crippen LogP contribution >= 0.6 is 39.1 Å². The molecular formula is C14H10BrCl2N5O. The molecule has 2 aromatic heterocycles. The number of benzene rings is 1. The number of aromatic nitrogens is 4. The SMILES string of the molecule is O=C(Nc1c(Cl)cccc1Cl)c1ccn(Cn2cc(Br)cn2)n1. The van der Waals surface area contributed by atoms with Crippen molar-refractivity contribution >= 4 is 50.7 Å². The van der Waals surface area contributed by atoms with Crippen LogP contribution in [0.1, 0.15) is 10.5 Å². The standard InChI is InChI=1S/C14H10BrCl2N5O/c15-9-6-18-22(7-9)8-21-5-4-12(20-21)14(23)19-13-10(16)2-1-3-11(13)17/h1-7H,8H2,(H,19,23). The minimum absolute atomic E-state index is 0.257. The molecule has 0 atom stereocenters. The number of nitrogens with one attached hydrogen (secondary N) is 1. The van der Waals surface area contributed by atoms with Crippen LogP contribution in [0.5, 0.6) is 0 Å². The molecule has 0 fully saturated rings. The van der Waals surface area contributed by atoms with Gasteiger partial charge >= 0.3 is 0 Å². The summed E-state index contributed by atoms with van der Waals surface area (Å²) in [6, 6.07) is 6.62. The number of hydrogen-bond acceptors (Lipinski definition) is 3. The summed E-state index contributed by atoms with van der Waals surface area (Å²) in [6.45, 7) is 0.395. The number of carbonyl (C=O) groups is 1. The Balaban J connectivity index is 1.73. The van der Waals surface area contributed by atoms with Gasteiger partial charge in [-0.05, 0) is 34.1 Å². The minimum Gasteiger partial charge on any atom is -0.318 e. The fourth-order valence-corrected chi connectivity index (χ4v) is 2.74. The van der Waals surface area contributed by atoms with Crippen molar-refractivity contribution < 1.29 is 4.79 Å². The van der Waals surface area contributed by atoms with Crippen LogP contribution in [0, 0.1) is 0 Å². The molecule has 9 heteroatoms. The molecule has 1 amide bonds. The van der Waals surface area contributed by atoms with Gasteiger partial charge in [-0.3, -0.25) is 9.48 Å². The zero-order valence-corrected chi connectivity index (χ0v) is 14.7. The maximum atomic E-state index is 12.3. The fraction of sp³-hybridized carbons (Fsp3) is 0.0714. The predicted octanol–water partition coefficient (Wildman–Crippen LogP) is 3.91. The summed E-state index contributed by atoms with van der Waals surface area (Å²) in [5.41, 5.74) is 0.624. The molecule has 0 bridgehead atoms. The van der Waals surface area contributed by atoms with Crippen molar-refractivity contribution in [3.8, 4) is 0 Å². The average Bonchev–Trinajstić information content (AvgIpc) is 3.13. The van der Waals surface area contributed by atoms with E-state index in [1.165, 1.54) is 0 Å². The summed E-state index contributed by atoms with van der Waals surface area (Å²) >= 11 is 15.4. The Morgan fingerprint density at radius 1 is 1.22 bits per heavy atom. The van der Waals surface area contributed by atoms with Crippen LogP contribution in [0.25, 0.3) is 0 Å². The van der Waals surface area contributed by atoms with E-state index in [0.717, 1.165) is 4.47 Å². The molecular weight excluding hydrogens is 405 g/mol. The third-order valence-corrected chi connectivity index (χ3v) is 4.01. The molecule has 1 aromatic carbocycles. The van der Waals surface area contributed by atoms with Crippen LogP contribution in [0.4, 0.5) is 5.69 Å². The Kier molecular flexibility index (Phi) is 4.70. The molecule has 23 heavy (non-hydrogen) atoms. The maximum Gasteiger partial charge on any atom is 0.276 e. The normalized spacial score (nSPS) is 10.7. The predicted molar refractivity (Wildman–Crippen MR) is 92.0 cm³/mol. The lowest BCUT2D eigenvalue weighted by Crippen LogP contribution is -2.15. The number of halogens is 3. The smallest absolute Gasteiger partial charge is 0.276 e. The van der Waals surface area contributed by atoms with Crippen LogP contribution in [0.3, 0.4) is 0 Å². The molecule has 3 rings (SSSR count). The molecule has 0 unspecified atom stereocenters. The first kappa shape index (κ1) is 16.0. The van der Waals surface area contributed by atoms with Crippen molar-refractivity contribution in [3.63, 3.8) is 0 Å². The van der Waals surface area contributed by atoms with Gasteiger partial charge in [0.25, 0.3) is 5.91 Å². The van der Waals surface area contributed by atoms with Crippen molar-refractivity contribution in [2.24, 2.45) is 0 Å². The summed E-state index contributed by atoms with van der Waals surface area (Å²) in [6.07, 6.45) is 5.18. The molecule has 0 saturated carbocycles. The van der Waals surface area contributed by atoms with E-state index in [1.54, 1.807) is 46.0 Å². The van der Waals surface area contributed by atoms with Gasteiger partial charge < -0.3 is 5.32 Å². The zero-order valence-electron chi connectivity index (χ0n) is 11.6. The van der Waals surface area contributed by atoms with Gasteiger partial charge in [-0.2, -0.15) is 10.2 Å². The Morgan fingerprint density at radius 3 is 2.61 bits per heavy atom. The molecule has 2 heterocycles. The maximum absolute atomic E-state index is 12.3. The number of para-hydroxylation sites is 1. The molecule has 0 aliphatic rings. The van der Waals surface area contributed by atoms with E-state index in [9.17, 15) is 4.79 Å². The van der Waals surface area contributed by atoms with Gasteiger partial charge in [0.2, 0.25) is 0 Å². The Hall–Kier alpha value is -1.83.